The Hall–Kier alpha value is -0.198. The molecule has 0 atom stereocenters. The molecule has 0 rings (SSSR count). The van der Waals surface area contributed by atoms with Gasteiger partial charge in [-0.3, -0.25) is 0 Å². The molecule has 0 unspecified atom stereocenters. The van der Waals surface area contributed by atoms with E-state index in [1.807, 2.05) is 0 Å². The van der Waals surface area contributed by atoms with Gasteiger partial charge in [0.15, 0.2) is 0 Å². The van der Waals surface area contributed by atoms with Crippen LogP contribution in [0.3, 0.4) is 0 Å². The zero-order chi connectivity index (χ0) is 4.71. The van der Waals surface area contributed by atoms with Crippen molar-refractivity contribution < 1.29 is 13.7 Å². The van der Waals surface area contributed by atoms with E-state index in [2.05, 4.69) is 0 Å². The molecule has 3 nitrogen and oxygen atoms in total. The average molecular weight is 88.0 g/mol. The number of hydrogen-bond acceptors (Lipinski definition) is 2. The molecule has 0 aliphatic rings. The molecule has 0 amide bonds. The Bertz CT molecular complexity index is 20.9. The minimum absolute atomic E-state index is 0.500. The van der Waals surface area contributed by atoms with Crippen LogP contribution in [0.15, 0.2) is 0 Å². The summed E-state index contributed by atoms with van der Waals surface area (Å²) in [6.45, 7) is 0.500. The molecule has 0 aliphatic heterocycles. The van der Waals surface area contributed by atoms with E-state index in [0.29, 0.717) is 6.47 Å². The fourth-order valence-corrected chi connectivity index (χ4v) is 0. The van der Waals surface area contributed by atoms with Crippen molar-refractivity contribution in [2.75, 3.05) is 0 Å². The van der Waals surface area contributed by atoms with Gasteiger partial charge in [-0.25, -0.2) is 0 Å². The van der Waals surface area contributed by atoms with Crippen LogP contribution in [0.25, 0.3) is 0 Å². The third-order valence-corrected chi connectivity index (χ3v) is 0. The molecule has 0 bridgehead atoms. The van der Waals surface area contributed by atoms with Crippen molar-refractivity contribution in [3.63, 3.8) is 0 Å². The second kappa shape index (κ2) is 46.4. The van der Waals surface area contributed by atoms with Crippen LogP contribution in [0.1, 0.15) is 0 Å². The summed E-state index contributed by atoms with van der Waals surface area (Å²) in [5, 5.41) is 6.76. The number of rotatable bonds is 0. The van der Waals surface area contributed by atoms with Gasteiger partial charge in [0.1, 0.15) is 0 Å². The summed E-state index contributed by atoms with van der Waals surface area (Å²) in [6, 6.07) is 0. The van der Waals surface area contributed by atoms with E-state index in [1.54, 1.807) is 0 Å². The summed E-state index contributed by atoms with van der Waals surface area (Å²) in [4.78, 5) is 8.24. The minimum atomic E-state index is 0.500. The van der Waals surface area contributed by atoms with Crippen LogP contribution in [0.2, 0.25) is 0 Å². The number of aliphatic hydroxyl groups excluding tert-OH is 1. The molecule has 0 aromatic heterocycles. The molecule has 4 heteroatoms. The Balaban J connectivity index is 0. The van der Waals surface area contributed by atoms with Crippen LogP contribution in [-0.4, -0.2) is 27.8 Å². The maximum absolute atomic E-state index is 8.24. The Morgan fingerprint density at radius 2 is 1.60 bits per heavy atom. The van der Waals surface area contributed by atoms with E-state index in [0.717, 1.165) is 0 Å². The third kappa shape index (κ3) is 317. The van der Waals surface area contributed by atoms with Gasteiger partial charge >= 0.3 is 20.0 Å². The van der Waals surface area contributed by atoms with Crippen LogP contribution >= 0.6 is 0 Å². The Kier molecular flexibility index (Phi) is 82.0. The van der Waals surface area contributed by atoms with Gasteiger partial charge < -0.3 is 9.90 Å². The van der Waals surface area contributed by atoms with E-state index in [1.165, 1.54) is 16.2 Å². The molecule has 0 radical (unpaired) electrons. The van der Waals surface area contributed by atoms with Crippen molar-refractivity contribution in [3.05, 3.63) is 0 Å². The first kappa shape index (κ1) is 8.84. The fraction of sp³-hybridized carbons (Fsp3) is 0. The van der Waals surface area contributed by atoms with Gasteiger partial charge in [-0.05, 0) is 0 Å². The molecule has 0 fully saturated rings. The molecule has 0 aliphatic carbocycles. The van der Waals surface area contributed by atoms with Crippen LogP contribution in [0.4, 0.5) is 0 Å². The van der Waals surface area contributed by atoms with E-state index in [9.17, 15) is 0 Å². The zero-order valence-electron chi connectivity index (χ0n) is 2.34. The topological polar surface area (TPSA) is 54.4 Å². The quantitative estimate of drug-likeness (QED) is 0.308. The Morgan fingerprint density at radius 3 is 1.60 bits per heavy atom. The molecule has 0 aromatic rings. The zero-order valence-corrected chi connectivity index (χ0v) is 3.50. The van der Waals surface area contributed by atoms with Crippen molar-refractivity contribution in [1.29, 1.82) is 0 Å². The second-order valence-corrected chi connectivity index (χ2v) is 0.0913. The third-order valence-electron chi connectivity index (χ3n) is 0. The van der Waals surface area contributed by atoms with E-state index < -0.39 is 0 Å². The molecule has 0 saturated carbocycles. The summed E-state index contributed by atoms with van der Waals surface area (Å²) in [5.74, 6) is 0. The van der Waals surface area contributed by atoms with Crippen LogP contribution in [-0.2, 0) is 8.60 Å². The Labute approximate surface area is 37.2 Å². The molecule has 0 saturated heterocycles. The van der Waals surface area contributed by atoms with Crippen molar-refractivity contribution in [1.82, 2.24) is 0 Å². The second-order valence-electron chi connectivity index (χ2n) is 0.0913. The summed E-state index contributed by atoms with van der Waals surface area (Å²) in [5.41, 5.74) is 0. The summed E-state index contributed by atoms with van der Waals surface area (Å²) in [6.07, 6.45) is 0. The van der Waals surface area contributed by atoms with E-state index >= 15 is 0 Å². The summed E-state index contributed by atoms with van der Waals surface area (Å²) >= 11 is 1.17. The van der Waals surface area contributed by atoms with Crippen LogP contribution in [0.5, 0.6) is 0 Å². The normalized spacial score (nSPS) is 3.60. The number of hydrogen-bond donors (Lipinski definition) is 1. The van der Waals surface area contributed by atoms with Gasteiger partial charge in [0.05, 0.1) is 0 Å². The molecule has 0 spiro atoms. The Morgan fingerprint density at radius 1 is 1.60 bits per heavy atom. The van der Waals surface area contributed by atoms with Gasteiger partial charge in [-0.2, -0.15) is 0 Å². The summed E-state index contributed by atoms with van der Waals surface area (Å²) < 4.78 is 8.17. The predicted octanol–water partition coefficient (Wildman–Crippen LogP) is -0.888. The first-order chi connectivity index (χ1) is 2.41. The molecule has 0 heterocycles. The van der Waals surface area contributed by atoms with E-state index in [-0.39, 0.29) is 0 Å². The molecular formula is CHAlO3. The van der Waals surface area contributed by atoms with Crippen LogP contribution in [0, 0.1) is 0 Å². The first-order valence-corrected chi connectivity index (χ1v) is 1.13. The average Bonchev–Trinajstić information content (AvgIpc) is 1.46. The molecular weight excluding hydrogens is 87.0 g/mol. The first-order valence-electron chi connectivity index (χ1n) is 0.663. The molecule has 0 aromatic carbocycles. The molecule has 26 valence electrons. The molecule has 1 N–H and O–H groups in total. The van der Waals surface area contributed by atoms with Crippen LogP contribution < -0.4 is 0 Å². The van der Waals surface area contributed by atoms with Gasteiger partial charge in [-0.15, -0.1) is 0 Å². The van der Waals surface area contributed by atoms with Crippen molar-refractivity contribution in [2.45, 2.75) is 0 Å². The fourth-order valence-electron chi connectivity index (χ4n) is 0. The van der Waals surface area contributed by atoms with Gasteiger partial charge in [0, 0.05) is 0 Å². The van der Waals surface area contributed by atoms with Gasteiger partial charge in [0.2, 0.25) is 0 Å². The SMILES string of the molecule is O=[C-]O.[O]=[Al+]. The predicted molar refractivity (Wildman–Crippen MR) is 14.8 cm³/mol. The van der Waals surface area contributed by atoms with Crippen molar-refractivity contribution in [3.8, 4) is 0 Å². The molecule has 5 heavy (non-hydrogen) atoms. The van der Waals surface area contributed by atoms with E-state index in [4.69, 9.17) is 13.7 Å². The van der Waals surface area contributed by atoms with Gasteiger partial charge in [0.25, 0.3) is 0 Å². The van der Waals surface area contributed by atoms with Crippen molar-refractivity contribution >= 4 is 22.7 Å². The summed E-state index contributed by atoms with van der Waals surface area (Å²) in [7, 11) is 0. The van der Waals surface area contributed by atoms with Gasteiger partial charge in [-0.1, -0.05) is 6.47 Å². The monoisotopic (exact) mass is 88.0 g/mol. The van der Waals surface area contributed by atoms with Crippen molar-refractivity contribution in [2.24, 2.45) is 0 Å². The maximum atomic E-state index is 8.24. The standard InChI is InChI=1S/CHO2.Al.O/c2-1-3;;/h(H,2,3);;/q-1;+1;.